The Balaban J connectivity index is 2.19. The Morgan fingerprint density at radius 2 is 1.65 bits per heavy atom. The molecule has 3 atom stereocenters. The lowest BCUT2D eigenvalue weighted by Gasteiger charge is -2.40. The van der Waals surface area contributed by atoms with Gasteiger partial charge in [-0.1, -0.05) is 45.1 Å². The van der Waals surface area contributed by atoms with Crippen LogP contribution in [-0.4, -0.2) is 32.4 Å². The van der Waals surface area contributed by atoms with Crippen molar-refractivity contribution < 1.29 is 13.9 Å². The van der Waals surface area contributed by atoms with E-state index in [-0.39, 0.29) is 23.4 Å². The average Bonchev–Trinajstić information content (AvgIpc) is 2.46. The molecule has 2 rings (SSSR count). The van der Waals surface area contributed by atoms with E-state index in [0.717, 1.165) is 0 Å². The van der Waals surface area contributed by atoms with Crippen molar-refractivity contribution in [1.29, 1.82) is 0 Å². The van der Waals surface area contributed by atoms with E-state index in [0.29, 0.717) is 0 Å². The summed E-state index contributed by atoms with van der Waals surface area (Å²) in [4.78, 5) is 0. The third-order valence-corrected chi connectivity index (χ3v) is 8.91. The fraction of sp³-hybridized carbons (Fsp3) is 0.750. The summed E-state index contributed by atoms with van der Waals surface area (Å²) in [5, 5.41) is 0.186. The van der Waals surface area contributed by atoms with Gasteiger partial charge in [-0.25, -0.2) is 0 Å². The summed E-state index contributed by atoms with van der Waals surface area (Å²) in [6.45, 7) is 15.2. The molecule has 1 aliphatic heterocycles. The highest BCUT2D eigenvalue weighted by Crippen LogP contribution is 2.40. The quantitative estimate of drug-likeness (QED) is 0.720. The lowest BCUT2D eigenvalue weighted by Crippen LogP contribution is -2.48. The molecule has 0 bridgehead atoms. The molecule has 0 saturated carbocycles. The van der Waals surface area contributed by atoms with Crippen molar-refractivity contribution in [2.75, 3.05) is 0 Å². The molecule has 0 spiro atoms. The van der Waals surface area contributed by atoms with Gasteiger partial charge in [0.05, 0.1) is 6.10 Å². The smallest absolute Gasteiger partial charge is 0.193 e. The molecule has 1 heterocycles. The number of rotatable bonds is 2. The molecule has 20 heavy (non-hydrogen) atoms. The van der Waals surface area contributed by atoms with Crippen molar-refractivity contribution in [1.82, 2.24) is 0 Å². The molecule has 0 aromatic heterocycles. The molecule has 2 aliphatic rings. The zero-order chi connectivity index (χ0) is 15.2. The maximum atomic E-state index is 6.54. The average molecular weight is 296 g/mol. The number of fused-ring (bicyclic) bond motifs is 1. The van der Waals surface area contributed by atoms with Crippen LogP contribution < -0.4 is 0 Å². The number of ether oxygens (including phenoxy) is 2. The standard InChI is InChI=1S/C16H28O3Si/c1-15(2,3)20(6,7)19-13-11-9-8-10-12-14(13)18-16(4,5)17-12/h8-14H,1-7H3/t12-,13+,14+/m0/s1. The van der Waals surface area contributed by atoms with Gasteiger partial charge in [-0.2, -0.15) is 0 Å². The van der Waals surface area contributed by atoms with E-state index in [9.17, 15) is 0 Å². The van der Waals surface area contributed by atoms with Crippen LogP contribution in [0.2, 0.25) is 18.1 Å². The normalized spacial score (nSPS) is 33.0. The second kappa shape index (κ2) is 5.09. The molecule has 1 saturated heterocycles. The minimum Gasteiger partial charge on any atom is -0.408 e. The van der Waals surface area contributed by atoms with Crippen molar-refractivity contribution in [3.05, 3.63) is 24.3 Å². The zero-order valence-electron chi connectivity index (χ0n) is 13.8. The van der Waals surface area contributed by atoms with E-state index in [1.807, 2.05) is 26.0 Å². The van der Waals surface area contributed by atoms with Gasteiger partial charge in [0.1, 0.15) is 12.2 Å². The Kier molecular flexibility index (Phi) is 4.06. The first kappa shape index (κ1) is 16.0. The second-order valence-corrected chi connectivity index (χ2v) is 12.4. The fourth-order valence-corrected chi connectivity index (χ4v) is 3.55. The number of hydrogen-bond acceptors (Lipinski definition) is 3. The van der Waals surface area contributed by atoms with Crippen molar-refractivity contribution >= 4 is 8.32 Å². The van der Waals surface area contributed by atoms with Gasteiger partial charge in [0.15, 0.2) is 14.1 Å². The minimum absolute atomic E-state index is 0.0326. The summed E-state index contributed by atoms with van der Waals surface area (Å²) in [5.74, 6) is -0.542. The topological polar surface area (TPSA) is 27.7 Å². The van der Waals surface area contributed by atoms with Crippen LogP contribution in [0.15, 0.2) is 24.3 Å². The zero-order valence-corrected chi connectivity index (χ0v) is 14.8. The molecule has 0 aromatic rings. The van der Waals surface area contributed by atoms with Crippen molar-refractivity contribution in [2.24, 2.45) is 0 Å². The van der Waals surface area contributed by atoms with Gasteiger partial charge in [-0.3, -0.25) is 0 Å². The maximum absolute atomic E-state index is 6.54. The molecule has 0 amide bonds. The first-order valence-corrected chi connectivity index (χ1v) is 10.3. The molecule has 114 valence electrons. The van der Waals surface area contributed by atoms with Gasteiger partial charge >= 0.3 is 0 Å². The molecule has 4 heteroatoms. The molecule has 0 N–H and O–H groups in total. The van der Waals surface area contributed by atoms with E-state index in [2.05, 4.69) is 46.0 Å². The highest BCUT2D eigenvalue weighted by Gasteiger charge is 2.47. The minimum atomic E-state index is -1.84. The number of hydrogen-bond donors (Lipinski definition) is 0. The Bertz CT molecular complexity index is 418. The Morgan fingerprint density at radius 3 is 2.25 bits per heavy atom. The predicted molar refractivity (Wildman–Crippen MR) is 84.2 cm³/mol. The monoisotopic (exact) mass is 296 g/mol. The second-order valence-electron chi connectivity index (χ2n) is 7.68. The predicted octanol–water partition coefficient (Wildman–Crippen LogP) is 4.02. The van der Waals surface area contributed by atoms with E-state index in [4.69, 9.17) is 13.9 Å². The molecular formula is C16H28O3Si. The Labute approximate surface area is 124 Å². The van der Waals surface area contributed by atoms with Crippen LogP contribution in [0.1, 0.15) is 34.6 Å². The number of allylic oxidation sites excluding steroid dienone is 2. The summed E-state index contributed by atoms with van der Waals surface area (Å²) >= 11 is 0. The van der Waals surface area contributed by atoms with Crippen LogP contribution in [0.3, 0.4) is 0 Å². The molecule has 0 unspecified atom stereocenters. The van der Waals surface area contributed by atoms with Crippen molar-refractivity contribution in [3.8, 4) is 0 Å². The van der Waals surface area contributed by atoms with Gasteiger partial charge in [-0.05, 0) is 32.0 Å². The summed E-state index contributed by atoms with van der Waals surface area (Å²) in [5.41, 5.74) is 0. The third kappa shape index (κ3) is 3.25. The SMILES string of the molecule is CC1(C)O[C@@H]2[C@H](C=CC=C[C@H]2O[Si](C)(C)C(C)(C)C)O1. The summed E-state index contributed by atoms with van der Waals surface area (Å²) < 4.78 is 18.6. The Morgan fingerprint density at radius 1 is 1.05 bits per heavy atom. The van der Waals surface area contributed by atoms with Crippen molar-refractivity contribution in [3.63, 3.8) is 0 Å². The van der Waals surface area contributed by atoms with Crippen LogP contribution in [0, 0.1) is 0 Å². The van der Waals surface area contributed by atoms with E-state index < -0.39 is 14.1 Å². The first-order valence-electron chi connectivity index (χ1n) is 7.40. The molecule has 3 nitrogen and oxygen atoms in total. The van der Waals surface area contributed by atoms with Gasteiger partial charge in [0, 0.05) is 0 Å². The molecule has 0 radical (unpaired) electrons. The third-order valence-electron chi connectivity index (χ3n) is 4.44. The van der Waals surface area contributed by atoms with Crippen molar-refractivity contribution in [2.45, 2.75) is 76.8 Å². The highest BCUT2D eigenvalue weighted by atomic mass is 28.4. The lowest BCUT2D eigenvalue weighted by atomic mass is 10.1. The van der Waals surface area contributed by atoms with Gasteiger partial charge < -0.3 is 13.9 Å². The van der Waals surface area contributed by atoms with Gasteiger partial charge in [0.25, 0.3) is 0 Å². The summed E-state index contributed by atoms with van der Waals surface area (Å²) in [7, 11) is -1.84. The molecule has 0 aromatic carbocycles. The highest BCUT2D eigenvalue weighted by molar-refractivity contribution is 6.74. The molecule has 1 aliphatic carbocycles. The molecular weight excluding hydrogens is 268 g/mol. The largest absolute Gasteiger partial charge is 0.408 e. The van der Waals surface area contributed by atoms with E-state index >= 15 is 0 Å². The van der Waals surface area contributed by atoms with Crippen LogP contribution in [0.25, 0.3) is 0 Å². The maximum Gasteiger partial charge on any atom is 0.193 e. The van der Waals surface area contributed by atoms with E-state index in [1.54, 1.807) is 0 Å². The Hall–Kier alpha value is -0.423. The van der Waals surface area contributed by atoms with Gasteiger partial charge in [-0.15, -0.1) is 0 Å². The van der Waals surface area contributed by atoms with Crippen LogP contribution in [-0.2, 0) is 13.9 Å². The van der Waals surface area contributed by atoms with Crippen LogP contribution in [0.5, 0.6) is 0 Å². The van der Waals surface area contributed by atoms with Gasteiger partial charge in [0.2, 0.25) is 0 Å². The lowest BCUT2D eigenvalue weighted by molar-refractivity contribution is -0.149. The summed E-state index contributed by atoms with van der Waals surface area (Å²) in [6, 6.07) is 0. The van der Waals surface area contributed by atoms with Crippen LogP contribution >= 0.6 is 0 Å². The van der Waals surface area contributed by atoms with E-state index in [1.165, 1.54) is 0 Å². The fourth-order valence-electron chi connectivity index (χ4n) is 2.30. The van der Waals surface area contributed by atoms with Crippen LogP contribution in [0.4, 0.5) is 0 Å². The first-order chi connectivity index (χ1) is 9.02. The molecule has 1 fully saturated rings. The summed E-state index contributed by atoms with van der Waals surface area (Å²) in [6.07, 6.45) is 8.09.